The molecule has 0 unspecified atom stereocenters. The van der Waals surface area contributed by atoms with Crippen molar-refractivity contribution in [2.45, 2.75) is 78.6 Å². The van der Waals surface area contributed by atoms with Gasteiger partial charge in [0, 0.05) is 34.1 Å². The predicted octanol–water partition coefficient (Wildman–Crippen LogP) is 10.1. The largest absolute Gasteiger partial charge is 0.312 e. The minimum Gasteiger partial charge on any atom is -0.312 e. The Morgan fingerprint density at radius 2 is 0.914 bits per heavy atom. The van der Waals surface area contributed by atoms with Crippen molar-refractivity contribution >= 4 is 80.3 Å². The first-order chi connectivity index (χ1) is 27.7. The maximum atomic E-state index is 2.69. The second kappa shape index (κ2) is 11.9. The van der Waals surface area contributed by atoms with E-state index in [4.69, 9.17) is 0 Å². The molecule has 0 N–H and O–H groups in total. The lowest BCUT2D eigenvalue weighted by atomic mass is 9.33. The maximum absolute atomic E-state index is 2.69. The number of hydrogen-bond donors (Lipinski definition) is 0. The quantitative estimate of drug-likeness (QED) is 0.163. The van der Waals surface area contributed by atoms with E-state index in [0.29, 0.717) is 0 Å². The molecule has 2 nitrogen and oxygen atoms in total. The van der Waals surface area contributed by atoms with Gasteiger partial charge < -0.3 is 9.80 Å². The van der Waals surface area contributed by atoms with Crippen molar-refractivity contribution in [2.75, 3.05) is 9.80 Å². The summed E-state index contributed by atoms with van der Waals surface area (Å²) in [7, 11) is 0. The molecule has 7 aromatic carbocycles. The summed E-state index contributed by atoms with van der Waals surface area (Å²) in [6.07, 6.45) is 0. The van der Waals surface area contributed by atoms with Gasteiger partial charge in [-0.25, -0.2) is 0 Å². The van der Waals surface area contributed by atoms with Crippen LogP contribution in [-0.4, -0.2) is 13.4 Å². The first-order valence-electron chi connectivity index (χ1n) is 21.2. The summed E-state index contributed by atoms with van der Waals surface area (Å²) in [5.74, 6) is 0. The molecule has 0 aromatic heterocycles. The first kappa shape index (κ1) is 35.4. The molecule has 0 saturated carbocycles. The molecule has 0 radical (unpaired) electrons. The molecular formula is C54H50B2N2. The summed E-state index contributed by atoms with van der Waals surface area (Å²) < 4.78 is 0. The van der Waals surface area contributed by atoms with Crippen LogP contribution in [0.1, 0.15) is 79.0 Å². The van der Waals surface area contributed by atoms with Crippen LogP contribution in [0.4, 0.5) is 34.1 Å². The van der Waals surface area contributed by atoms with Gasteiger partial charge in [0.05, 0.1) is 0 Å². The zero-order valence-corrected chi connectivity index (χ0v) is 35.3. The highest BCUT2D eigenvalue weighted by Gasteiger charge is 2.50. The fourth-order valence-electron chi connectivity index (χ4n) is 10.9. The van der Waals surface area contributed by atoms with Crippen LogP contribution in [-0.2, 0) is 16.2 Å². The molecule has 0 fully saturated rings. The molecule has 4 aliphatic heterocycles. The summed E-state index contributed by atoms with van der Waals surface area (Å²) in [5.41, 5.74) is 25.5. The molecule has 282 valence electrons. The van der Waals surface area contributed by atoms with Crippen LogP contribution in [0.2, 0.25) is 0 Å². The second-order valence-electron chi connectivity index (χ2n) is 20.2. The van der Waals surface area contributed by atoms with Gasteiger partial charge in [-0.2, -0.15) is 0 Å². The summed E-state index contributed by atoms with van der Waals surface area (Å²) in [5, 5.41) is 0. The molecule has 11 rings (SSSR count). The molecular weight excluding hydrogens is 698 g/mol. The number of benzene rings is 7. The second-order valence-corrected chi connectivity index (χ2v) is 20.2. The Balaban J connectivity index is 1.33. The number of nitrogens with zero attached hydrogens (tertiary/aromatic N) is 2. The van der Waals surface area contributed by atoms with Gasteiger partial charge in [-0.15, -0.1) is 0 Å². The first-order valence-corrected chi connectivity index (χ1v) is 21.2. The van der Waals surface area contributed by atoms with Crippen molar-refractivity contribution in [3.8, 4) is 22.3 Å². The van der Waals surface area contributed by atoms with E-state index in [1.54, 1.807) is 0 Å². The Kier molecular flexibility index (Phi) is 7.28. The van der Waals surface area contributed by atoms with E-state index in [1.807, 2.05) is 0 Å². The van der Waals surface area contributed by atoms with Crippen molar-refractivity contribution in [3.63, 3.8) is 0 Å². The van der Waals surface area contributed by atoms with Gasteiger partial charge in [-0.1, -0.05) is 170 Å². The van der Waals surface area contributed by atoms with Crippen LogP contribution in [0.3, 0.4) is 0 Å². The van der Waals surface area contributed by atoms with Crippen LogP contribution in [0, 0.1) is 0 Å². The highest BCUT2D eigenvalue weighted by Crippen LogP contribution is 2.50. The summed E-state index contributed by atoms with van der Waals surface area (Å²) in [6, 6.07) is 53.7. The highest BCUT2D eigenvalue weighted by molar-refractivity contribution is 7.03. The van der Waals surface area contributed by atoms with Crippen LogP contribution in [0.5, 0.6) is 0 Å². The smallest absolute Gasteiger partial charge is 0.248 e. The lowest BCUT2D eigenvalue weighted by molar-refractivity contribution is 0.589. The van der Waals surface area contributed by atoms with E-state index in [0.717, 1.165) is 0 Å². The Hall–Kier alpha value is -5.73. The van der Waals surface area contributed by atoms with Crippen LogP contribution >= 0.6 is 0 Å². The summed E-state index contributed by atoms with van der Waals surface area (Å²) in [4.78, 5) is 5.28. The fourth-order valence-corrected chi connectivity index (χ4v) is 10.9. The third-order valence-corrected chi connectivity index (χ3v) is 13.5. The van der Waals surface area contributed by atoms with Crippen LogP contribution in [0.25, 0.3) is 22.3 Å². The van der Waals surface area contributed by atoms with Gasteiger partial charge in [0.1, 0.15) is 0 Å². The fraction of sp³-hybridized carbons (Fsp3) is 0.222. The van der Waals surface area contributed by atoms with E-state index in [2.05, 4.69) is 212 Å². The highest BCUT2D eigenvalue weighted by atomic mass is 15.2. The van der Waals surface area contributed by atoms with Crippen molar-refractivity contribution < 1.29 is 0 Å². The number of anilines is 6. The minimum absolute atomic E-state index is 0.0346. The SMILES string of the molecule is CC(C)(C)c1ccc(N2c3cc(C(C)(C)C)cc4c3B(c3ccccc3-4)c3cc4c(c(C(C)(C)C)c32)B2c3ccccc3-c3cccc(c32)N4c2ccccc2)cc1. The third kappa shape index (κ3) is 4.87. The monoisotopic (exact) mass is 748 g/mol. The van der Waals surface area contributed by atoms with Crippen molar-refractivity contribution in [3.05, 3.63) is 156 Å². The maximum Gasteiger partial charge on any atom is 0.248 e. The van der Waals surface area contributed by atoms with Crippen molar-refractivity contribution in [1.82, 2.24) is 0 Å². The molecule has 58 heavy (non-hydrogen) atoms. The zero-order chi connectivity index (χ0) is 40.0. The van der Waals surface area contributed by atoms with Crippen molar-refractivity contribution in [2.24, 2.45) is 0 Å². The molecule has 0 aliphatic carbocycles. The standard InChI is InChI=1S/C54H50B2N2/c1-52(2,3)33-26-28-36(29-27-33)58-45-31-34(53(4,5)6)30-40-38-21-14-15-23-41(38)55(49(40)45)43-32-46-50(47(51(43)58)54(7,8)9)56-42-24-16-13-20-37(42)39-22-17-25-44(48(39)56)57(46)35-18-11-10-12-19-35/h10-32H,1-9H3. The normalized spacial score (nSPS) is 14.5. The van der Waals surface area contributed by atoms with E-state index in [1.165, 1.54) is 106 Å². The molecule has 0 bridgehead atoms. The minimum atomic E-state index is -0.217. The molecule has 4 heteroatoms. The Morgan fingerprint density at radius 1 is 0.362 bits per heavy atom. The molecule has 4 aliphatic rings. The van der Waals surface area contributed by atoms with Gasteiger partial charge in [0.2, 0.25) is 13.4 Å². The lowest BCUT2D eigenvalue weighted by Crippen LogP contribution is -2.61. The Labute approximate surface area is 345 Å². The van der Waals surface area contributed by atoms with Gasteiger partial charge in [0.25, 0.3) is 0 Å². The summed E-state index contributed by atoms with van der Waals surface area (Å²) in [6.45, 7) is 21.6. The molecule has 0 amide bonds. The lowest BCUT2D eigenvalue weighted by Gasteiger charge is -2.45. The third-order valence-electron chi connectivity index (χ3n) is 13.5. The van der Waals surface area contributed by atoms with Crippen LogP contribution in [0.15, 0.2) is 140 Å². The Bertz CT molecular complexity index is 2850. The van der Waals surface area contributed by atoms with E-state index in [9.17, 15) is 0 Å². The number of rotatable bonds is 2. The number of para-hydroxylation sites is 1. The molecule has 0 saturated heterocycles. The topological polar surface area (TPSA) is 6.48 Å². The predicted molar refractivity (Wildman–Crippen MR) is 252 cm³/mol. The van der Waals surface area contributed by atoms with E-state index >= 15 is 0 Å². The molecule has 7 aromatic rings. The van der Waals surface area contributed by atoms with Gasteiger partial charge in [0.15, 0.2) is 0 Å². The molecule has 4 heterocycles. The summed E-state index contributed by atoms with van der Waals surface area (Å²) >= 11 is 0. The molecule has 0 spiro atoms. The van der Waals surface area contributed by atoms with E-state index in [-0.39, 0.29) is 29.7 Å². The average Bonchev–Trinajstić information content (AvgIpc) is 3.72. The van der Waals surface area contributed by atoms with Gasteiger partial charge in [-0.05, 0) is 120 Å². The zero-order valence-electron chi connectivity index (χ0n) is 35.3. The van der Waals surface area contributed by atoms with Gasteiger partial charge in [-0.3, -0.25) is 0 Å². The Morgan fingerprint density at radius 3 is 1.57 bits per heavy atom. The number of fused-ring (bicyclic) bond motifs is 10. The molecule has 0 atom stereocenters. The van der Waals surface area contributed by atoms with Gasteiger partial charge >= 0.3 is 0 Å². The van der Waals surface area contributed by atoms with Crippen molar-refractivity contribution in [1.29, 1.82) is 0 Å². The number of hydrogen-bond acceptors (Lipinski definition) is 2. The van der Waals surface area contributed by atoms with E-state index < -0.39 is 0 Å². The average molecular weight is 749 g/mol. The van der Waals surface area contributed by atoms with Crippen LogP contribution < -0.4 is 42.6 Å².